The number of rotatable bonds is 7. The molecule has 2 aromatic carbocycles. The zero-order valence-corrected chi connectivity index (χ0v) is 19.1. The van der Waals surface area contributed by atoms with Gasteiger partial charge in [-0.2, -0.15) is 13.2 Å². The molecular formula is C24H25F3N4OS. The molecule has 2 heterocycles. The van der Waals surface area contributed by atoms with Crippen LogP contribution in [0.5, 0.6) is 0 Å². The zero-order chi connectivity index (χ0) is 23.4. The van der Waals surface area contributed by atoms with Crippen LogP contribution >= 0.6 is 11.8 Å². The van der Waals surface area contributed by atoms with Crippen LogP contribution in [0.2, 0.25) is 0 Å². The van der Waals surface area contributed by atoms with E-state index in [0.29, 0.717) is 17.9 Å². The number of halogens is 3. The first-order valence-corrected chi connectivity index (χ1v) is 11.8. The van der Waals surface area contributed by atoms with Crippen molar-refractivity contribution in [3.63, 3.8) is 0 Å². The number of benzene rings is 2. The smallest absolute Gasteiger partial charge is 0.296 e. The van der Waals surface area contributed by atoms with Gasteiger partial charge in [0.25, 0.3) is 0 Å². The molecule has 1 aliphatic heterocycles. The van der Waals surface area contributed by atoms with Crippen LogP contribution in [0.15, 0.2) is 59.8 Å². The van der Waals surface area contributed by atoms with Crippen LogP contribution in [0.25, 0.3) is 5.69 Å². The van der Waals surface area contributed by atoms with E-state index in [9.17, 15) is 18.0 Å². The Morgan fingerprint density at radius 3 is 2.36 bits per heavy atom. The lowest BCUT2D eigenvalue weighted by Gasteiger charge is -2.26. The zero-order valence-electron chi connectivity index (χ0n) is 18.3. The molecule has 1 aromatic heterocycles. The highest BCUT2D eigenvalue weighted by molar-refractivity contribution is 8.00. The molecule has 0 amide bonds. The molecule has 0 saturated carbocycles. The molecule has 174 valence electrons. The predicted molar refractivity (Wildman–Crippen MR) is 122 cm³/mol. The summed E-state index contributed by atoms with van der Waals surface area (Å²) in [6.07, 6.45) is -1.27. The average Bonchev–Trinajstić information content (AvgIpc) is 3.20. The molecule has 0 radical (unpaired) electrons. The van der Waals surface area contributed by atoms with Crippen LogP contribution < -0.4 is 0 Å². The number of likely N-dealkylation sites (tertiary alicyclic amines) is 1. The number of nitrogens with zero attached hydrogens (tertiary/aromatic N) is 4. The number of alkyl halides is 3. The van der Waals surface area contributed by atoms with E-state index in [0.717, 1.165) is 50.2 Å². The van der Waals surface area contributed by atoms with Gasteiger partial charge in [0.1, 0.15) is 0 Å². The van der Waals surface area contributed by atoms with Gasteiger partial charge < -0.3 is 0 Å². The Bertz CT molecular complexity index is 1090. The average molecular weight is 475 g/mol. The van der Waals surface area contributed by atoms with Gasteiger partial charge >= 0.3 is 6.18 Å². The van der Waals surface area contributed by atoms with Crippen LogP contribution in [0.4, 0.5) is 13.2 Å². The van der Waals surface area contributed by atoms with Gasteiger partial charge in [-0.15, -0.1) is 10.2 Å². The van der Waals surface area contributed by atoms with E-state index < -0.39 is 17.0 Å². The highest BCUT2D eigenvalue weighted by atomic mass is 32.2. The molecule has 0 spiro atoms. The molecule has 9 heteroatoms. The minimum Gasteiger partial charge on any atom is -0.296 e. The molecule has 1 fully saturated rings. The van der Waals surface area contributed by atoms with Crippen molar-refractivity contribution in [2.24, 2.45) is 0 Å². The lowest BCUT2D eigenvalue weighted by molar-refractivity contribution is -0.137. The minimum absolute atomic E-state index is 0.0242. The second kappa shape index (κ2) is 10.1. The van der Waals surface area contributed by atoms with Crippen molar-refractivity contribution >= 4 is 17.5 Å². The Hall–Kier alpha value is -2.65. The third-order valence-corrected chi connectivity index (χ3v) is 6.72. The topological polar surface area (TPSA) is 51.0 Å². The predicted octanol–water partition coefficient (Wildman–Crippen LogP) is 5.64. The highest BCUT2D eigenvalue weighted by Gasteiger charge is 2.35. The van der Waals surface area contributed by atoms with E-state index >= 15 is 0 Å². The van der Waals surface area contributed by atoms with E-state index in [1.807, 2.05) is 6.07 Å². The Morgan fingerprint density at radius 2 is 1.67 bits per heavy atom. The number of piperidine rings is 1. The molecule has 1 aliphatic rings. The largest absolute Gasteiger partial charge is 0.418 e. The second-order valence-electron chi connectivity index (χ2n) is 8.08. The number of para-hydroxylation sites is 1. The first-order chi connectivity index (χ1) is 15.8. The van der Waals surface area contributed by atoms with E-state index in [2.05, 4.69) is 15.1 Å². The van der Waals surface area contributed by atoms with Crippen molar-refractivity contribution in [3.05, 3.63) is 71.5 Å². The van der Waals surface area contributed by atoms with Gasteiger partial charge in [0, 0.05) is 5.56 Å². The summed E-state index contributed by atoms with van der Waals surface area (Å²) in [5.74, 6) is 0.326. The minimum atomic E-state index is -4.53. The van der Waals surface area contributed by atoms with Gasteiger partial charge in [-0.3, -0.25) is 14.3 Å². The number of aromatic nitrogens is 3. The van der Waals surface area contributed by atoms with E-state index in [-0.39, 0.29) is 16.6 Å². The van der Waals surface area contributed by atoms with Gasteiger partial charge in [0.2, 0.25) is 0 Å². The Morgan fingerprint density at radius 1 is 1.00 bits per heavy atom. The third-order valence-electron chi connectivity index (χ3n) is 5.67. The van der Waals surface area contributed by atoms with E-state index in [4.69, 9.17) is 0 Å². The van der Waals surface area contributed by atoms with Crippen LogP contribution in [0.1, 0.15) is 47.9 Å². The lowest BCUT2D eigenvalue weighted by Crippen LogP contribution is -2.30. The number of hydrogen-bond acceptors (Lipinski definition) is 5. The number of thioether (sulfide) groups is 1. The fourth-order valence-corrected chi connectivity index (χ4v) is 4.95. The number of Topliss-reactive ketones (excluding diaryl/α,β-unsaturated/α-hetero) is 1. The van der Waals surface area contributed by atoms with Gasteiger partial charge in [-0.25, -0.2) is 0 Å². The SMILES string of the molecule is CC(Sc1nnc(CN2CCCCC2)n1-c1ccccc1C(F)(F)F)C(=O)c1ccccc1. The fourth-order valence-electron chi connectivity index (χ4n) is 4.00. The molecular weight excluding hydrogens is 449 g/mol. The Labute approximate surface area is 195 Å². The second-order valence-corrected chi connectivity index (χ2v) is 9.38. The molecule has 4 rings (SSSR count). The normalized spacial score (nSPS) is 16.0. The van der Waals surface area contributed by atoms with Gasteiger partial charge in [0.15, 0.2) is 16.8 Å². The van der Waals surface area contributed by atoms with Crippen molar-refractivity contribution in [1.29, 1.82) is 0 Å². The summed E-state index contributed by atoms with van der Waals surface area (Å²) in [6.45, 7) is 3.89. The number of hydrogen-bond donors (Lipinski definition) is 0. The highest BCUT2D eigenvalue weighted by Crippen LogP contribution is 2.36. The molecule has 3 aromatic rings. The van der Waals surface area contributed by atoms with Crippen molar-refractivity contribution in [1.82, 2.24) is 19.7 Å². The standard InChI is InChI=1S/C24H25F3N4OS/c1-17(22(32)18-10-4-2-5-11-18)33-23-29-28-21(16-30-14-8-3-9-15-30)31(23)20-13-7-6-12-19(20)24(25,26)27/h2,4-7,10-13,17H,3,8-9,14-16H2,1H3. The van der Waals surface area contributed by atoms with Crippen molar-refractivity contribution in [2.45, 2.75) is 49.3 Å². The van der Waals surface area contributed by atoms with Crippen LogP contribution in [-0.2, 0) is 12.7 Å². The van der Waals surface area contributed by atoms with Gasteiger partial charge in [-0.05, 0) is 45.0 Å². The summed E-state index contributed by atoms with van der Waals surface area (Å²) >= 11 is 1.12. The van der Waals surface area contributed by atoms with Crippen LogP contribution in [0, 0.1) is 0 Å². The summed E-state index contributed by atoms with van der Waals surface area (Å²) in [7, 11) is 0. The van der Waals surface area contributed by atoms with Gasteiger partial charge in [-0.1, -0.05) is 60.6 Å². The van der Waals surface area contributed by atoms with Crippen molar-refractivity contribution in [3.8, 4) is 5.69 Å². The number of carbonyl (C=O) groups excluding carboxylic acids is 1. The van der Waals surface area contributed by atoms with Crippen LogP contribution in [0.3, 0.4) is 0 Å². The maximum Gasteiger partial charge on any atom is 0.418 e. The Balaban J connectivity index is 1.71. The van der Waals surface area contributed by atoms with Gasteiger partial charge in [0.05, 0.1) is 23.0 Å². The first kappa shape index (κ1) is 23.5. The molecule has 1 saturated heterocycles. The molecule has 0 bridgehead atoms. The number of carbonyl (C=O) groups is 1. The van der Waals surface area contributed by atoms with Crippen LogP contribution in [-0.4, -0.2) is 43.8 Å². The van der Waals surface area contributed by atoms with Crippen molar-refractivity contribution in [2.75, 3.05) is 13.1 Å². The first-order valence-electron chi connectivity index (χ1n) is 10.9. The molecule has 1 unspecified atom stereocenters. The summed E-state index contributed by atoms with van der Waals surface area (Å²) in [5.41, 5.74) is -0.231. The quantitative estimate of drug-likeness (QED) is 0.328. The summed E-state index contributed by atoms with van der Waals surface area (Å²) in [6, 6.07) is 14.3. The maximum absolute atomic E-state index is 13.8. The summed E-state index contributed by atoms with van der Waals surface area (Å²) in [5, 5.41) is 8.22. The Kier molecular flexibility index (Phi) is 7.19. The van der Waals surface area contributed by atoms with E-state index in [1.54, 1.807) is 37.3 Å². The molecule has 1 atom stereocenters. The molecule has 5 nitrogen and oxygen atoms in total. The molecule has 33 heavy (non-hydrogen) atoms. The molecule has 0 aliphatic carbocycles. The fraction of sp³-hybridized carbons (Fsp3) is 0.375. The monoisotopic (exact) mass is 474 g/mol. The summed E-state index contributed by atoms with van der Waals surface area (Å²) in [4.78, 5) is 15.1. The molecule has 0 N–H and O–H groups in total. The lowest BCUT2D eigenvalue weighted by atomic mass is 10.1. The third kappa shape index (κ3) is 5.47. The number of ketones is 1. The maximum atomic E-state index is 13.8. The summed E-state index contributed by atoms with van der Waals surface area (Å²) < 4.78 is 43.0. The van der Waals surface area contributed by atoms with Crippen molar-refractivity contribution < 1.29 is 18.0 Å². The van der Waals surface area contributed by atoms with E-state index in [1.165, 1.54) is 16.7 Å².